The summed E-state index contributed by atoms with van der Waals surface area (Å²) in [5.74, 6) is 0.226. The molecule has 0 atom stereocenters. The van der Waals surface area contributed by atoms with Gasteiger partial charge in [-0.2, -0.15) is 0 Å². The van der Waals surface area contributed by atoms with Gasteiger partial charge in [-0.3, -0.25) is 4.79 Å². The molecule has 0 heterocycles. The Morgan fingerprint density at radius 3 is 1.83 bits per heavy atom. The molecule has 1 aromatic rings. The van der Waals surface area contributed by atoms with Gasteiger partial charge in [-0.1, -0.05) is 17.7 Å². The normalized spacial score (nSPS) is 16.1. The standard InChI is InChI=1S/C20H32N2O.Y/c1-7-22(8-2,9-3)20(11-10-12-20)19(23)21-18-16(5)13-15(4)14-17(18)6;/h13-14H,7-12H2,1-6H3;/p+1. The Morgan fingerprint density at radius 1 is 1.04 bits per heavy atom. The van der Waals surface area contributed by atoms with E-state index in [9.17, 15) is 4.79 Å². The molecule has 0 saturated heterocycles. The van der Waals surface area contributed by atoms with E-state index < -0.39 is 0 Å². The number of quaternary nitrogens is 1. The summed E-state index contributed by atoms with van der Waals surface area (Å²) in [6, 6.07) is 4.30. The van der Waals surface area contributed by atoms with Gasteiger partial charge in [-0.05, 0) is 59.1 Å². The number of anilines is 1. The fourth-order valence-electron chi connectivity index (χ4n) is 4.61. The zero-order chi connectivity index (χ0) is 17.3. The minimum Gasteiger partial charge on any atom is -0.320 e. The van der Waals surface area contributed by atoms with Gasteiger partial charge in [0.2, 0.25) is 0 Å². The summed E-state index contributed by atoms with van der Waals surface area (Å²) in [7, 11) is 0. The molecule has 1 amide bonds. The molecule has 0 bridgehead atoms. The van der Waals surface area contributed by atoms with E-state index in [4.69, 9.17) is 0 Å². The maximum Gasteiger partial charge on any atom is 0.285 e. The molecule has 2 rings (SSSR count). The topological polar surface area (TPSA) is 29.1 Å². The molecule has 1 saturated carbocycles. The Balaban J connectivity index is 0.00000288. The van der Waals surface area contributed by atoms with Gasteiger partial charge in [-0.15, -0.1) is 0 Å². The average molecular weight is 406 g/mol. The molecule has 0 spiro atoms. The zero-order valence-electron chi connectivity index (χ0n) is 16.3. The monoisotopic (exact) mass is 406 g/mol. The van der Waals surface area contributed by atoms with E-state index in [1.807, 2.05) is 0 Å². The second kappa shape index (κ2) is 8.42. The van der Waals surface area contributed by atoms with Crippen molar-refractivity contribution in [2.45, 2.75) is 66.3 Å². The molecule has 1 N–H and O–H groups in total. The van der Waals surface area contributed by atoms with Gasteiger partial charge < -0.3 is 9.80 Å². The number of hydrogen-bond donors (Lipinski definition) is 1. The SMILES string of the molecule is CC[N+](CC)(CC)C1(C(=O)Nc2c(C)cc(C)cc2C)CCC1.[Y]. The summed E-state index contributed by atoms with van der Waals surface area (Å²) in [5.41, 5.74) is 4.34. The van der Waals surface area contributed by atoms with Crippen molar-refractivity contribution in [1.29, 1.82) is 0 Å². The maximum absolute atomic E-state index is 13.3. The van der Waals surface area contributed by atoms with Crippen LogP contribution in [-0.2, 0) is 37.5 Å². The summed E-state index contributed by atoms with van der Waals surface area (Å²) < 4.78 is 0.906. The fourth-order valence-corrected chi connectivity index (χ4v) is 4.61. The van der Waals surface area contributed by atoms with E-state index in [1.165, 1.54) is 12.0 Å². The van der Waals surface area contributed by atoms with Crippen molar-refractivity contribution in [2.75, 3.05) is 25.0 Å². The number of carbonyl (C=O) groups excluding carboxylic acids is 1. The molecule has 1 aliphatic carbocycles. The molecule has 0 aliphatic heterocycles. The van der Waals surface area contributed by atoms with E-state index in [2.05, 4.69) is 59.0 Å². The third kappa shape index (κ3) is 3.50. The quantitative estimate of drug-likeness (QED) is 0.700. The molecular weight excluding hydrogens is 373 g/mol. The first-order valence-corrected chi connectivity index (χ1v) is 9.11. The second-order valence-electron chi connectivity index (χ2n) is 7.21. The van der Waals surface area contributed by atoms with Crippen molar-refractivity contribution in [3.63, 3.8) is 0 Å². The number of rotatable bonds is 6. The fraction of sp³-hybridized carbons (Fsp3) is 0.650. The van der Waals surface area contributed by atoms with Gasteiger partial charge in [0.1, 0.15) is 0 Å². The average Bonchev–Trinajstić information content (AvgIpc) is 2.46. The largest absolute Gasteiger partial charge is 0.320 e. The Hall–Kier alpha value is -0.246. The van der Waals surface area contributed by atoms with Crippen LogP contribution in [0.25, 0.3) is 0 Å². The van der Waals surface area contributed by atoms with Crippen LogP contribution in [0.4, 0.5) is 5.69 Å². The van der Waals surface area contributed by atoms with Crippen molar-refractivity contribution in [2.24, 2.45) is 0 Å². The van der Waals surface area contributed by atoms with Crippen LogP contribution < -0.4 is 5.32 Å². The maximum atomic E-state index is 13.3. The number of benzene rings is 1. The van der Waals surface area contributed by atoms with Crippen molar-refractivity contribution < 1.29 is 42.0 Å². The summed E-state index contributed by atoms with van der Waals surface area (Å²) in [6.07, 6.45) is 3.19. The molecule has 0 unspecified atom stereocenters. The van der Waals surface area contributed by atoms with Gasteiger partial charge in [0.05, 0.1) is 19.6 Å². The van der Waals surface area contributed by atoms with E-state index >= 15 is 0 Å². The molecule has 1 fully saturated rings. The first-order valence-electron chi connectivity index (χ1n) is 9.11. The Kier molecular flexibility index (Phi) is 7.65. The third-order valence-electron chi connectivity index (χ3n) is 6.24. The van der Waals surface area contributed by atoms with Gasteiger partial charge >= 0.3 is 0 Å². The van der Waals surface area contributed by atoms with Crippen LogP contribution in [0.2, 0.25) is 0 Å². The van der Waals surface area contributed by atoms with Crippen LogP contribution in [0.3, 0.4) is 0 Å². The molecule has 24 heavy (non-hydrogen) atoms. The number of amides is 1. The summed E-state index contributed by atoms with van der Waals surface area (Å²) in [4.78, 5) is 13.3. The number of likely N-dealkylation sites (N-methyl/N-ethyl adjacent to an activating group) is 1. The van der Waals surface area contributed by atoms with Crippen LogP contribution in [-0.4, -0.2) is 35.6 Å². The molecule has 1 radical (unpaired) electrons. The molecule has 4 heteroatoms. The van der Waals surface area contributed by atoms with Crippen LogP contribution >= 0.6 is 0 Å². The number of carbonyl (C=O) groups is 1. The number of hydrogen-bond acceptors (Lipinski definition) is 1. The Labute approximate surface area is 173 Å². The second-order valence-corrected chi connectivity index (χ2v) is 7.21. The Morgan fingerprint density at radius 2 is 1.50 bits per heavy atom. The third-order valence-corrected chi connectivity index (χ3v) is 6.24. The van der Waals surface area contributed by atoms with Crippen molar-refractivity contribution in [3.8, 4) is 0 Å². The smallest absolute Gasteiger partial charge is 0.285 e. The van der Waals surface area contributed by atoms with Crippen LogP contribution in [0.5, 0.6) is 0 Å². The van der Waals surface area contributed by atoms with Crippen LogP contribution in [0.1, 0.15) is 56.7 Å². The molecular formula is C20H33N2OY+. The predicted octanol–water partition coefficient (Wildman–Crippen LogP) is 4.35. The number of aryl methyl sites for hydroxylation is 3. The molecule has 1 aromatic carbocycles. The van der Waals surface area contributed by atoms with Crippen molar-refractivity contribution in [1.82, 2.24) is 0 Å². The van der Waals surface area contributed by atoms with Crippen LogP contribution in [0, 0.1) is 20.8 Å². The predicted molar refractivity (Wildman–Crippen MR) is 97.7 cm³/mol. The summed E-state index contributed by atoms with van der Waals surface area (Å²) in [6.45, 7) is 16.0. The molecule has 3 nitrogen and oxygen atoms in total. The number of nitrogens with zero attached hydrogens (tertiary/aromatic N) is 1. The Bertz CT molecular complexity index is 558. The van der Waals surface area contributed by atoms with Gasteiger partial charge in [0, 0.05) is 51.2 Å². The van der Waals surface area contributed by atoms with E-state index in [1.54, 1.807) is 0 Å². The first kappa shape index (κ1) is 21.8. The van der Waals surface area contributed by atoms with Gasteiger partial charge in [0.15, 0.2) is 5.54 Å². The minimum absolute atomic E-state index is 0. The summed E-state index contributed by atoms with van der Waals surface area (Å²) in [5, 5.41) is 3.30. The van der Waals surface area contributed by atoms with E-state index in [-0.39, 0.29) is 44.2 Å². The van der Waals surface area contributed by atoms with E-state index in [0.29, 0.717) is 0 Å². The minimum atomic E-state index is -0.234. The first-order chi connectivity index (χ1) is 10.9. The zero-order valence-corrected chi connectivity index (χ0v) is 19.2. The number of nitrogens with one attached hydrogen (secondary N) is 1. The van der Waals surface area contributed by atoms with Gasteiger partial charge in [-0.25, -0.2) is 0 Å². The summed E-state index contributed by atoms with van der Waals surface area (Å²) >= 11 is 0. The van der Waals surface area contributed by atoms with Crippen molar-refractivity contribution in [3.05, 3.63) is 28.8 Å². The molecule has 1 aliphatic rings. The molecule has 0 aromatic heterocycles. The van der Waals surface area contributed by atoms with E-state index in [0.717, 1.165) is 53.8 Å². The molecule has 131 valence electrons. The van der Waals surface area contributed by atoms with Crippen LogP contribution in [0.15, 0.2) is 12.1 Å². The van der Waals surface area contributed by atoms with Gasteiger partial charge in [0.25, 0.3) is 5.91 Å². The van der Waals surface area contributed by atoms with Crippen molar-refractivity contribution >= 4 is 11.6 Å².